The maximum absolute atomic E-state index is 5.37. The largest absolute Gasteiger partial charge is 0.343 e. The van der Waals surface area contributed by atoms with Crippen LogP contribution < -0.4 is 0 Å². The highest BCUT2D eigenvalue weighted by molar-refractivity contribution is 7.13. The Morgan fingerprint density at radius 1 is 1.16 bits per heavy atom. The molecule has 126 valence electrons. The molecule has 0 aliphatic heterocycles. The highest BCUT2D eigenvalue weighted by atomic mass is 32.1. The molecule has 0 spiro atoms. The third-order valence-corrected chi connectivity index (χ3v) is 4.41. The number of rotatable bonds is 5. The first-order chi connectivity index (χ1) is 12.2. The molecule has 1 aromatic carbocycles. The van der Waals surface area contributed by atoms with Crippen molar-refractivity contribution in [1.29, 1.82) is 0 Å². The van der Waals surface area contributed by atoms with Crippen LogP contribution >= 0.6 is 11.3 Å². The van der Waals surface area contributed by atoms with Crippen LogP contribution in [0.2, 0.25) is 0 Å². The van der Waals surface area contributed by atoms with Crippen LogP contribution in [0.1, 0.15) is 5.56 Å². The Hall–Kier alpha value is -2.84. The second-order valence-electron chi connectivity index (χ2n) is 5.83. The summed E-state index contributed by atoms with van der Waals surface area (Å²) in [5, 5.41) is 6.74. The van der Waals surface area contributed by atoms with Crippen molar-refractivity contribution in [3.63, 3.8) is 0 Å². The van der Waals surface area contributed by atoms with E-state index in [-0.39, 0.29) is 0 Å². The van der Waals surface area contributed by atoms with E-state index in [0.717, 1.165) is 22.9 Å². The van der Waals surface area contributed by atoms with Crippen LogP contribution in [-0.2, 0) is 6.54 Å². The average molecular weight is 352 g/mol. The summed E-state index contributed by atoms with van der Waals surface area (Å²) in [5.41, 5.74) is 2.80. The quantitative estimate of drug-likeness (QED) is 0.593. The van der Waals surface area contributed by atoms with E-state index in [1.54, 1.807) is 12.4 Å². The summed E-state index contributed by atoms with van der Waals surface area (Å²) in [5.74, 6) is 1.69. The van der Waals surface area contributed by atoms with Gasteiger partial charge >= 0.3 is 0 Å². The predicted molar refractivity (Wildman–Crippen MR) is 95.8 cm³/mol. The summed E-state index contributed by atoms with van der Waals surface area (Å²) in [4.78, 5) is 18.3. The molecule has 0 amide bonds. The molecule has 0 aliphatic rings. The topological polar surface area (TPSA) is 83.7 Å². The van der Waals surface area contributed by atoms with E-state index in [2.05, 4.69) is 42.1 Å². The Labute approximate surface area is 148 Å². The molecule has 4 rings (SSSR count). The van der Waals surface area contributed by atoms with Crippen molar-refractivity contribution in [2.45, 2.75) is 6.54 Å². The zero-order valence-electron chi connectivity index (χ0n) is 13.8. The van der Waals surface area contributed by atoms with Crippen LogP contribution in [-0.4, -0.2) is 44.1 Å². The van der Waals surface area contributed by atoms with Gasteiger partial charge in [-0.25, -0.2) is 9.97 Å². The van der Waals surface area contributed by atoms with Crippen molar-refractivity contribution < 1.29 is 4.52 Å². The number of aromatic amines is 1. The molecule has 25 heavy (non-hydrogen) atoms. The number of nitrogens with one attached hydrogen (secondary N) is 1. The highest BCUT2D eigenvalue weighted by Gasteiger charge is 2.15. The van der Waals surface area contributed by atoms with E-state index in [4.69, 9.17) is 4.52 Å². The average Bonchev–Trinajstić information content (AvgIpc) is 3.34. The van der Waals surface area contributed by atoms with E-state index in [9.17, 15) is 0 Å². The van der Waals surface area contributed by atoms with E-state index < -0.39 is 0 Å². The zero-order chi connectivity index (χ0) is 17.2. The first kappa shape index (κ1) is 15.7. The number of hydrogen-bond donors (Lipinski definition) is 1. The van der Waals surface area contributed by atoms with Gasteiger partial charge in [0, 0.05) is 29.9 Å². The van der Waals surface area contributed by atoms with Gasteiger partial charge in [-0.2, -0.15) is 4.98 Å². The molecule has 3 heterocycles. The third-order valence-electron chi connectivity index (χ3n) is 3.56. The Balaban J connectivity index is 1.56. The molecule has 8 heteroatoms. The number of aromatic nitrogens is 5. The number of imidazole rings is 1. The summed E-state index contributed by atoms with van der Waals surface area (Å²) in [6.45, 7) is 0.895. The lowest BCUT2D eigenvalue weighted by molar-refractivity contribution is 0.402. The minimum atomic E-state index is 0.404. The Morgan fingerprint density at radius 3 is 2.72 bits per heavy atom. The molecule has 7 nitrogen and oxygen atoms in total. The molecule has 0 aliphatic carbocycles. The van der Waals surface area contributed by atoms with Crippen molar-refractivity contribution >= 4 is 11.3 Å². The maximum Gasteiger partial charge on any atom is 0.277 e. The van der Waals surface area contributed by atoms with Gasteiger partial charge in [0.2, 0.25) is 5.82 Å². The van der Waals surface area contributed by atoms with Crippen molar-refractivity contribution in [2.24, 2.45) is 0 Å². The Morgan fingerprint density at radius 2 is 2.00 bits per heavy atom. The van der Waals surface area contributed by atoms with Crippen LogP contribution in [0.4, 0.5) is 0 Å². The van der Waals surface area contributed by atoms with Crippen LogP contribution in [0.3, 0.4) is 0 Å². The molecule has 0 fully saturated rings. The van der Waals surface area contributed by atoms with Gasteiger partial charge in [-0.15, -0.1) is 11.3 Å². The number of nitrogens with zero attached hydrogens (tertiary/aromatic N) is 5. The van der Waals surface area contributed by atoms with Gasteiger partial charge in [0.15, 0.2) is 10.8 Å². The van der Waals surface area contributed by atoms with Crippen LogP contribution in [0, 0.1) is 0 Å². The molecule has 0 saturated carbocycles. The lowest BCUT2D eigenvalue weighted by atomic mass is 10.1. The van der Waals surface area contributed by atoms with Gasteiger partial charge in [-0.3, -0.25) is 0 Å². The van der Waals surface area contributed by atoms with E-state index >= 15 is 0 Å². The van der Waals surface area contributed by atoms with Gasteiger partial charge in [0.05, 0.1) is 0 Å². The van der Waals surface area contributed by atoms with Crippen LogP contribution in [0.5, 0.6) is 0 Å². The molecule has 0 bridgehead atoms. The normalized spacial score (nSPS) is 11.3. The second-order valence-corrected chi connectivity index (χ2v) is 6.69. The minimum absolute atomic E-state index is 0.404. The molecule has 0 radical (unpaired) electrons. The van der Waals surface area contributed by atoms with Crippen molar-refractivity contribution in [3.05, 3.63) is 47.6 Å². The fourth-order valence-electron chi connectivity index (χ4n) is 2.43. The van der Waals surface area contributed by atoms with E-state index in [1.807, 2.05) is 31.6 Å². The standard InChI is InChI=1S/C17H16N6OS/c1-23(2)9-11-3-5-12(6-4-11)14-21-16(24-22-14)13-10-25-17(20-13)15-18-7-8-19-15/h3-8,10H,9H2,1-2H3,(H,18,19). The van der Waals surface area contributed by atoms with Crippen molar-refractivity contribution in [3.8, 4) is 33.8 Å². The van der Waals surface area contributed by atoms with Crippen molar-refractivity contribution in [1.82, 2.24) is 30.0 Å². The molecule has 4 aromatic rings. The number of thiazole rings is 1. The third kappa shape index (κ3) is 3.35. The lowest BCUT2D eigenvalue weighted by Gasteiger charge is -2.09. The summed E-state index contributed by atoms with van der Waals surface area (Å²) in [7, 11) is 4.09. The Bertz CT molecular complexity index is 955. The first-order valence-electron chi connectivity index (χ1n) is 7.72. The lowest BCUT2D eigenvalue weighted by Crippen LogP contribution is -2.10. The molecular formula is C17H16N6OS. The fraction of sp³-hybridized carbons (Fsp3) is 0.176. The van der Waals surface area contributed by atoms with Gasteiger partial charge in [-0.1, -0.05) is 29.4 Å². The van der Waals surface area contributed by atoms with Gasteiger partial charge in [-0.05, 0) is 19.7 Å². The molecular weight excluding hydrogens is 336 g/mol. The zero-order valence-corrected chi connectivity index (χ0v) is 14.6. The Kier molecular flexibility index (Phi) is 4.12. The fourth-order valence-corrected chi connectivity index (χ4v) is 3.18. The summed E-state index contributed by atoms with van der Waals surface area (Å²) in [6, 6.07) is 8.15. The minimum Gasteiger partial charge on any atom is -0.343 e. The summed E-state index contributed by atoms with van der Waals surface area (Å²) >= 11 is 1.48. The predicted octanol–water partition coefficient (Wildman–Crippen LogP) is 3.31. The second kappa shape index (κ2) is 6.58. The smallest absolute Gasteiger partial charge is 0.277 e. The number of benzene rings is 1. The first-order valence-corrected chi connectivity index (χ1v) is 8.60. The van der Waals surface area contributed by atoms with Gasteiger partial charge in [0.1, 0.15) is 5.69 Å². The summed E-state index contributed by atoms with van der Waals surface area (Å²) < 4.78 is 5.37. The SMILES string of the molecule is CN(C)Cc1ccc(-c2noc(-c3csc(-c4ncc[nH]4)n3)n2)cc1. The van der Waals surface area contributed by atoms with Crippen LogP contribution in [0.15, 0.2) is 46.6 Å². The molecule has 3 aromatic heterocycles. The monoisotopic (exact) mass is 352 g/mol. The van der Waals surface area contributed by atoms with Gasteiger partial charge in [0.25, 0.3) is 5.89 Å². The molecule has 0 atom stereocenters. The van der Waals surface area contributed by atoms with Crippen LogP contribution in [0.25, 0.3) is 33.8 Å². The maximum atomic E-state index is 5.37. The molecule has 0 saturated heterocycles. The van der Waals surface area contributed by atoms with Gasteiger partial charge < -0.3 is 14.4 Å². The number of hydrogen-bond acceptors (Lipinski definition) is 7. The van der Waals surface area contributed by atoms with E-state index in [1.165, 1.54) is 16.9 Å². The number of H-pyrrole nitrogens is 1. The van der Waals surface area contributed by atoms with E-state index in [0.29, 0.717) is 17.4 Å². The molecule has 1 N–H and O–H groups in total. The van der Waals surface area contributed by atoms with Crippen molar-refractivity contribution in [2.75, 3.05) is 14.1 Å². The summed E-state index contributed by atoms with van der Waals surface area (Å²) in [6.07, 6.45) is 3.46. The molecule has 0 unspecified atom stereocenters. The highest BCUT2D eigenvalue weighted by Crippen LogP contribution is 2.27.